The highest BCUT2D eigenvalue weighted by molar-refractivity contribution is 5.86. The van der Waals surface area contributed by atoms with Crippen LogP contribution < -0.4 is 25.8 Å². The SMILES string of the molecule is CCOc1cc2c(cc1CNC(=O)[C@@H](NC(N)=O)[C@@H](C)CC)O[C@H](C)C2. The van der Waals surface area contributed by atoms with E-state index in [4.69, 9.17) is 15.2 Å². The number of amides is 3. The zero-order chi connectivity index (χ0) is 19.3. The molecule has 144 valence electrons. The van der Waals surface area contributed by atoms with Crippen molar-refractivity contribution in [3.05, 3.63) is 23.3 Å². The van der Waals surface area contributed by atoms with E-state index in [0.29, 0.717) is 6.61 Å². The number of ether oxygens (including phenoxy) is 2. The van der Waals surface area contributed by atoms with Crippen molar-refractivity contribution in [1.29, 1.82) is 0 Å². The maximum atomic E-state index is 12.6. The largest absolute Gasteiger partial charge is 0.494 e. The van der Waals surface area contributed by atoms with Crippen molar-refractivity contribution in [3.8, 4) is 11.5 Å². The van der Waals surface area contributed by atoms with Crippen LogP contribution in [0.1, 0.15) is 45.2 Å². The third kappa shape index (κ3) is 4.80. The van der Waals surface area contributed by atoms with E-state index < -0.39 is 12.1 Å². The third-order valence-electron chi connectivity index (χ3n) is 4.63. The molecule has 1 aromatic rings. The second-order valence-electron chi connectivity index (χ2n) is 6.72. The van der Waals surface area contributed by atoms with Gasteiger partial charge in [0.05, 0.1) is 6.61 Å². The third-order valence-corrected chi connectivity index (χ3v) is 4.63. The van der Waals surface area contributed by atoms with E-state index in [1.165, 1.54) is 0 Å². The summed E-state index contributed by atoms with van der Waals surface area (Å²) < 4.78 is 11.5. The molecule has 0 saturated carbocycles. The first kappa shape index (κ1) is 19.9. The molecule has 0 saturated heterocycles. The van der Waals surface area contributed by atoms with Crippen LogP contribution in [-0.4, -0.2) is 30.7 Å². The lowest BCUT2D eigenvalue weighted by molar-refractivity contribution is -0.124. The average Bonchev–Trinajstić information content (AvgIpc) is 2.95. The molecule has 3 amide bonds. The fourth-order valence-electron chi connectivity index (χ4n) is 3.06. The van der Waals surface area contributed by atoms with Gasteiger partial charge in [-0.3, -0.25) is 4.79 Å². The summed E-state index contributed by atoms with van der Waals surface area (Å²) in [6, 6.07) is 2.53. The quantitative estimate of drug-likeness (QED) is 0.658. The van der Waals surface area contributed by atoms with Crippen LogP contribution in [0.4, 0.5) is 4.79 Å². The maximum Gasteiger partial charge on any atom is 0.312 e. The number of primary amides is 1. The molecule has 1 aromatic carbocycles. The number of hydrogen-bond donors (Lipinski definition) is 3. The molecule has 2 rings (SSSR count). The molecule has 1 heterocycles. The minimum atomic E-state index is -0.708. The number of carbonyl (C=O) groups is 2. The number of nitrogens with two attached hydrogens (primary N) is 1. The molecule has 1 aliphatic heterocycles. The molecule has 1 aliphatic rings. The number of urea groups is 1. The van der Waals surface area contributed by atoms with Crippen molar-refractivity contribution in [2.75, 3.05) is 6.61 Å². The molecular formula is C19H29N3O4. The van der Waals surface area contributed by atoms with Gasteiger partial charge in [-0.15, -0.1) is 0 Å². The van der Waals surface area contributed by atoms with Gasteiger partial charge in [0.2, 0.25) is 5.91 Å². The van der Waals surface area contributed by atoms with E-state index in [1.807, 2.05) is 39.8 Å². The Bertz CT molecular complexity index is 662. The van der Waals surface area contributed by atoms with Crippen molar-refractivity contribution in [1.82, 2.24) is 10.6 Å². The Morgan fingerprint density at radius 3 is 2.73 bits per heavy atom. The van der Waals surface area contributed by atoms with Gasteiger partial charge in [0, 0.05) is 24.1 Å². The highest BCUT2D eigenvalue weighted by Gasteiger charge is 2.26. The summed E-state index contributed by atoms with van der Waals surface area (Å²) >= 11 is 0. The molecule has 7 heteroatoms. The summed E-state index contributed by atoms with van der Waals surface area (Å²) in [4.78, 5) is 23.8. The van der Waals surface area contributed by atoms with E-state index in [1.54, 1.807) is 0 Å². The lowest BCUT2D eigenvalue weighted by Crippen LogP contribution is -2.51. The first-order chi connectivity index (χ1) is 12.3. The zero-order valence-corrected chi connectivity index (χ0v) is 15.9. The van der Waals surface area contributed by atoms with Crippen LogP contribution in [0.2, 0.25) is 0 Å². The van der Waals surface area contributed by atoms with Crippen molar-refractivity contribution in [2.45, 2.75) is 59.2 Å². The van der Waals surface area contributed by atoms with Gasteiger partial charge >= 0.3 is 6.03 Å². The predicted molar refractivity (Wildman–Crippen MR) is 99.2 cm³/mol. The molecule has 0 unspecified atom stereocenters. The molecule has 4 N–H and O–H groups in total. The first-order valence-electron chi connectivity index (χ1n) is 9.14. The van der Waals surface area contributed by atoms with Crippen LogP contribution in [-0.2, 0) is 17.8 Å². The van der Waals surface area contributed by atoms with Gasteiger partial charge in [0.15, 0.2) is 0 Å². The van der Waals surface area contributed by atoms with Gasteiger partial charge in [-0.05, 0) is 31.9 Å². The Morgan fingerprint density at radius 2 is 2.12 bits per heavy atom. The number of fused-ring (bicyclic) bond motifs is 1. The standard InChI is InChI=1S/C19H29N3O4/c1-5-11(3)17(22-19(20)24)18(23)21-10-14-9-16-13(7-12(4)26-16)8-15(14)25-6-2/h8-9,11-12,17H,5-7,10H2,1-4H3,(H,21,23)(H3,20,22,24)/t11-,12+,17-/m0/s1. The van der Waals surface area contributed by atoms with E-state index in [2.05, 4.69) is 10.6 Å². The van der Waals surface area contributed by atoms with Crippen molar-refractivity contribution in [2.24, 2.45) is 11.7 Å². The number of rotatable bonds is 8. The molecule has 3 atom stereocenters. The van der Waals surface area contributed by atoms with Crippen LogP contribution in [0.15, 0.2) is 12.1 Å². The lowest BCUT2D eigenvalue weighted by Gasteiger charge is -2.23. The summed E-state index contributed by atoms with van der Waals surface area (Å²) in [5.74, 6) is 1.28. The summed E-state index contributed by atoms with van der Waals surface area (Å²) in [6.45, 7) is 8.62. The summed E-state index contributed by atoms with van der Waals surface area (Å²) in [5.41, 5.74) is 7.16. The van der Waals surface area contributed by atoms with Crippen LogP contribution in [0.25, 0.3) is 0 Å². The Kier molecular flexibility index (Phi) is 6.71. The Morgan fingerprint density at radius 1 is 1.38 bits per heavy atom. The summed E-state index contributed by atoms with van der Waals surface area (Å²) in [5, 5.41) is 5.40. The molecule has 0 aromatic heterocycles. The van der Waals surface area contributed by atoms with Crippen molar-refractivity contribution >= 4 is 11.9 Å². The topological polar surface area (TPSA) is 103 Å². The first-order valence-corrected chi connectivity index (χ1v) is 9.14. The minimum Gasteiger partial charge on any atom is -0.494 e. The molecule has 0 aliphatic carbocycles. The van der Waals surface area contributed by atoms with Crippen LogP contribution >= 0.6 is 0 Å². The number of carbonyl (C=O) groups excluding carboxylic acids is 2. The van der Waals surface area contributed by atoms with Crippen LogP contribution in [0.5, 0.6) is 11.5 Å². The second kappa shape index (κ2) is 8.78. The predicted octanol–water partition coefficient (Wildman–Crippen LogP) is 2.11. The fourth-order valence-corrected chi connectivity index (χ4v) is 3.06. The molecular weight excluding hydrogens is 334 g/mol. The lowest BCUT2D eigenvalue weighted by atomic mass is 9.98. The van der Waals surface area contributed by atoms with Crippen LogP contribution in [0.3, 0.4) is 0 Å². The van der Waals surface area contributed by atoms with Gasteiger partial charge in [-0.2, -0.15) is 0 Å². The van der Waals surface area contributed by atoms with Gasteiger partial charge in [-0.25, -0.2) is 4.79 Å². The Balaban J connectivity index is 2.13. The zero-order valence-electron chi connectivity index (χ0n) is 15.9. The van der Waals surface area contributed by atoms with E-state index >= 15 is 0 Å². The van der Waals surface area contributed by atoms with Gasteiger partial charge in [0.1, 0.15) is 23.6 Å². The molecule has 7 nitrogen and oxygen atoms in total. The van der Waals surface area contributed by atoms with Gasteiger partial charge in [-0.1, -0.05) is 20.3 Å². The van der Waals surface area contributed by atoms with Crippen molar-refractivity contribution < 1.29 is 19.1 Å². The number of benzene rings is 1. The fraction of sp³-hybridized carbons (Fsp3) is 0.579. The molecule has 0 bridgehead atoms. The maximum absolute atomic E-state index is 12.6. The average molecular weight is 363 g/mol. The Labute approximate surface area is 154 Å². The highest BCUT2D eigenvalue weighted by atomic mass is 16.5. The molecule has 0 fully saturated rings. The van der Waals surface area contributed by atoms with Crippen LogP contribution in [0, 0.1) is 5.92 Å². The summed E-state index contributed by atoms with van der Waals surface area (Å²) in [7, 11) is 0. The minimum absolute atomic E-state index is 0.0296. The van der Waals surface area contributed by atoms with Gasteiger partial charge in [0.25, 0.3) is 0 Å². The van der Waals surface area contributed by atoms with Crippen molar-refractivity contribution in [3.63, 3.8) is 0 Å². The second-order valence-corrected chi connectivity index (χ2v) is 6.72. The normalized spacial score (nSPS) is 17.6. The highest BCUT2D eigenvalue weighted by Crippen LogP contribution is 2.35. The summed E-state index contributed by atoms with van der Waals surface area (Å²) in [6.07, 6.45) is 1.73. The Hall–Kier alpha value is -2.44. The van der Waals surface area contributed by atoms with E-state index in [0.717, 1.165) is 35.5 Å². The molecule has 26 heavy (non-hydrogen) atoms. The molecule has 0 spiro atoms. The monoisotopic (exact) mass is 363 g/mol. The number of nitrogens with one attached hydrogen (secondary N) is 2. The molecule has 0 radical (unpaired) electrons. The number of hydrogen-bond acceptors (Lipinski definition) is 4. The van der Waals surface area contributed by atoms with Gasteiger partial charge < -0.3 is 25.8 Å². The van der Waals surface area contributed by atoms with E-state index in [9.17, 15) is 9.59 Å². The smallest absolute Gasteiger partial charge is 0.312 e. The van der Waals surface area contributed by atoms with E-state index in [-0.39, 0.29) is 24.5 Å².